The van der Waals surface area contributed by atoms with Crippen LogP contribution < -0.4 is 10.6 Å². The Morgan fingerprint density at radius 3 is 2.61 bits per heavy atom. The van der Waals surface area contributed by atoms with Crippen LogP contribution in [-0.4, -0.2) is 68.1 Å². The van der Waals surface area contributed by atoms with Crippen molar-refractivity contribution in [2.45, 2.75) is 39.2 Å². The largest absolute Gasteiger partial charge is 0.386 e. The number of hydrogen-bond acceptors (Lipinski definition) is 5. The van der Waals surface area contributed by atoms with Crippen LogP contribution in [0.25, 0.3) is 0 Å². The summed E-state index contributed by atoms with van der Waals surface area (Å²) in [7, 11) is 5.82. The van der Waals surface area contributed by atoms with Crippen LogP contribution in [0.15, 0.2) is 59.3 Å². The minimum absolute atomic E-state index is 0.00406. The average molecular weight is 452 g/mol. The van der Waals surface area contributed by atoms with Gasteiger partial charge < -0.3 is 20.4 Å². The molecule has 2 N–H and O–H groups in total. The number of nitrogens with one attached hydrogen (secondary N) is 2. The molecule has 7 heteroatoms. The van der Waals surface area contributed by atoms with E-state index in [9.17, 15) is 9.59 Å². The number of likely N-dealkylation sites (tertiary alicyclic amines) is 1. The summed E-state index contributed by atoms with van der Waals surface area (Å²) in [4.78, 5) is 33.7. The molecule has 7 nitrogen and oxygen atoms in total. The lowest BCUT2D eigenvalue weighted by Gasteiger charge is -2.35. The van der Waals surface area contributed by atoms with Crippen LogP contribution >= 0.6 is 0 Å². The fourth-order valence-corrected chi connectivity index (χ4v) is 3.59. The van der Waals surface area contributed by atoms with Crippen LogP contribution in [0, 0.1) is 0 Å². The average Bonchev–Trinajstić information content (AvgIpc) is 2.83. The van der Waals surface area contributed by atoms with Gasteiger partial charge in [0.15, 0.2) is 0 Å². The highest BCUT2D eigenvalue weighted by molar-refractivity contribution is 5.96. The summed E-state index contributed by atoms with van der Waals surface area (Å²) in [6.07, 6.45) is 13.2. The molecule has 0 bridgehead atoms. The summed E-state index contributed by atoms with van der Waals surface area (Å²) in [5, 5.41) is 5.98. The molecular weight excluding hydrogens is 414 g/mol. The molecule has 1 fully saturated rings. The van der Waals surface area contributed by atoms with Crippen molar-refractivity contribution in [3.63, 3.8) is 0 Å². The Kier molecular flexibility index (Phi) is 10.6. The van der Waals surface area contributed by atoms with E-state index in [1.165, 1.54) is 0 Å². The molecule has 0 saturated carbocycles. The first-order valence-corrected chi connectivity index (χ1v) is 11.5. The second-order valence-corrected chi connectivity index (χ2v) is 8.12. The molecule has 178 valence electrons. The zero-order valence-electron chi connectivity index (χ0n) is 20.5. The number of carbonyl (C=O) groups is 2. The Bertz CT molecular complexity index is 925. The minimum atomic E-state index is -0.0692. The van der Waals surface area contributed by atoms with Crippen molar-refractivity contribution >= 4 is 29.4 Å². The van der Waals surface area contributed by atoms with E-state index in [1.54, 1.807) is 19.2 Å². The van der Waals surface area contributed by atoms with E-state index in [2.05, 4.69) is 27.6 Å². The number of rotatable bonds is 9. The SMILES string of the molecule is C\C=C/C=C\C(=C\C=Nc1cc(C(=O)N(C)C2CCN(C)CC2)ccc1NC)NC(=O)CC. The van der Waals surface area contributed by atoms with Gasteiger partial charge in [0.05, 0.1) is 11.4 Å². The number of piperidine rings is 1. The van der Waals surface area contributed by atoms with Crippen LogP contribution in [0.4, 0.5) is 11.4 Å². The standard InChI is InChI=1S/C26H37N5O2/c1-6-8-9-10-21(29-25(32)7-2)13-16-28-24-19-20(11-12-23(24)27-3)26(33)31(5)22-14-17-30(4)18-15-22/h6,8-13,16,19,22,27H,7,14-15,17-18H2,1-5H3,(H,29,32)/b8-6-,10-9-,21-13-,28-16?. The Morgan fingerprint density at radius 2 is 1.97 bits per heavy atom. The van der Waals surface area contributed by atoms with E-state index < -0.39 is 0 Å². The van der Waals surface area contributed by atoms with Gasteiger partial charge in [-0.3, -0.25) is 14.6 Å². The molecule has 1 aliphatic rings. The van der Waals surface area contributed by atoms with Gasteiger partial charge in [-0.1, -0.05) is 25.2 Å². The van der Waals surface area contributed by atoms with E-state index in [1.807, 2.05) is 68.4 Å². The topological polar surface area (TPSA) is 77.0 Å². The first-order valence-electron chi connectivity index (χ1n) is 11.5. The summed E-state index contributed by atoms with van der Waals surface area (Å²) < 4.78 is 0. The van der Waals surface area contributed by atoms with Crippen molar-refractivity contribution in [3.8, 4) is 0 Å². The number of aliphatic imine (C=N–C) groups is 1. The van der Waals surface area contributed by atoms with Gasteiger partial charge >= 0.3 is 0 Å². The first kappa shape index (κ1) is 26.1. The van der Waals surface area contributed by atoms with Crippen molar-refractivity contribution in [1.82, 2.24) is 15.1 Å². The van der Waals surface area contributed by atoms with E-state index in [-0.39, 0.29) is 17.9 Å². The molecule has 0 spiro atoms. The van der Waals surface area contributed by atoms with Gasteiger partial charge in [0.2, 0.25) is 5.91 Å². The van der Waals surface area contributed by atoms with Gasteiger partial charge in [0.1, 0.15) is 0 Å². The zero-order chi connectivity index (χ0) is 24.2. The van der Waals surface area contributed by atoms with Crippen molar-refractivity contribution in [1.29, 1.82) is 0 Å². The van der Waals surface area contributed by atoms with Crippen LogP contribution in [0.1, 0.15) is 43.5 Å². The highest BCUT2D eigenvalue weighted by Crippen LogP contribution is 2.27. The van der Waals surface area contributed by atoms with Crippen LogP contribution in [0.2, 0.25) is 0 Å². The maximum absolute atomic E-state index is 13.1. The fraction of sp³-hybridized carbons (Fsp3) is 0.423. The van der Waals surface area contributed by atoms with Gasteiger partial charge in [-0.25, -0.2) is 0 Å². The van der Waals surface area contributed by atoms with Crippen LogP contribution in [0.3, 0.4) is 0 Å². The second-order valence-electron chi connectivity index (χ2n) is 8.12. The van der Waals surface area contributed by atoms with Crippen molar-refractivity contribution in [2.75, 3.05) is 39.5 Å². The number of amides is 2. The van der Waals surface area contributed by atoms with Crippen LogP contribution in [0.5, 0.6) is 0 Å². The smallest absolute Gasteiger partial charge is 0.253 e. The Hall–Kier alpha value is -3.19. The molecule has 1 saturated heterocycles. The third-order valence-electron chi connectivity index (χ3n) is 5.72. The van der Waals surface area contributed by atoms with Gasteiger partial charge in [-0.2, -0.15) is 0 Å². The van der Waals surface area contributed by atoms with E-state index in [0.717, 1.165) is 31.6 Å². The lowest BCUT2D eigenvalue weighted by molar-refractivity contribution is -0.120. The van der Waals surface area contributed by atoms with Crippen LogP contribution in [-0.2, 0) is 4.79 Å². The van der Waals surface area contributed by atoms with Crippen molar-refractivity contribution in [2.24, 2.45) is 4.99 Å². The summed E-state index contributed by atoms with van der Waals surface area (Å²) in [5.41, 5.74) is 2.74. The quantitative estimate of drug-likeness (QED) is 0.437. The molecular formula is C26H37N5O2. The number of nitrogens with zero attached hydrogens (tertiary/aromatic N) is 3. The zero-order valence-corrected chi connectivity index (χ0v) is 20.5. The Morgan fingerprint density at radius 1 is 1.24 bits per heavy atom. The maximum Gasteiger partial charge on any atom is 0.253 e. The number of carbonyl (C=O) groups excluding carboxylic acids is 2. The van der Waals surface area contributed by atoms with E-state index in [0.29, 0.717) is 23.4 Å². The molecule has 1 aromatic rings. The summed E-state index contributed by atoms with van der Waals surface area (Å²) in [6, 6.07) is 5.77. The number of benzene rings is 1. The van der Waals surface area contributed by atoms with Gasteiger partial charge in [0, 0.05) is 44.0 Å². The van der Waals surface area contributed by atoms with E-state index >= 15 is 0 Å². The Balaban J connectivity index is 2.23. The molecule has 2 amide bonds. The molecule has 0 aliphatic carbocycles. The van der Waals surface area contributed by atoms with Crippen molar-refractivity contribution in [3.05, 3.63) is 59.8 Å². The van der Waals surface area contributed by atoms with E-state index in [4.69, 9.17) is 0 Å². The highest BCUT2D eigenvalue weighted by atomic mass is 16.2. The second kappa shape index (κ2) is 13.4. The highest BCUT2D eigenvalue weighted by Gasteiger charge is 2.25. The third-order valence-corrected chi connectivity index (χ3v) is 5.72. The molecule has 0 atom stereocenters. The van der Waals surface area contributed by atoms with Crippen molar-refractivity contribution < 1.29 is 9.59 Å². The molecule has 1 heterocycles. The predicted molar refractivity (Wildman–Crippen MR) is 137 cm³/mol. The fourth-order valence-electron chi connectivity index (χ4n) is 3.59. The predicted octanol–water partition coefficient (Wildman–Crippen LogP) is 4.14. The first-order chi connectivity index (χ1) is 15.9. The number of anilines is 1. The molecule has 1 aliphatic heterocycles. The maximum atomic E-state index is 13.1. The number of allylic oxidation sites excluding steroid dienone is 5. The molecule has 2 rings (SSSR count). The third kappa shape index (κ3) is 8.02. The lowest BCUT2D eigenvalue weighted by Crippen LogP contribution is -2.44. The minimum Gasteiger partial charge on any atom is -0.386 e. The summed E-state index contributed by atoms with van der Waals surface area (Å²) in [6.45, 7) is 5.74. The van der Waals surface area contributed by atoms with Gasteiger partial charge in [-0.15, -0.1) is 0 Å². The summed E-state index contributed by atoms with van der Waals surface area (Å²) in [5.74, 6) is -0.0652. The normalized spacial score (nSPS) is 16.1. The lowest BCUT2D eigenvalue weighted by atomic mass is 10.0. The molecule has 33 heavy (non-hydrogen) atoms. The molecule has 0 unspecified atom stereocenters. The Labute approximate surface area is 197 Å². The monoisotopic (exact) mass is 451 g/mol. The molecule has 1 aromatic carbocycles. The van der Waals surface area contributed by atoms with Gasteiger partial charge in [-0.05, 0) is 70.3 Å². The molecule has 0 aromatic heterocycles. The molecule has 0 radical (unpaired) electrons. The summed E-state index contributed by atoms with van der Waals surface area (Å²) >= 11 is 0. The van der Waals surface area contributed by atoms with Gasteiger partial charge in [0.25, 0.3) is 5.91 Å². The number of hydrogen-bond donors (Lipinski definition) is 2.